The Kier molecular flexibility index (Phi) is 7.55. The van der Waals surface area contributed by atoms with Crippen LogP contribution in [0.1, 0.15) is 11.8 Å². The average molecular weight is 512 g/mol. The lowest BCUT2D eigenvalue weighted by Crippen LogP contribution is -2.48. The molecule has 0 saturated carbocycles. The van der Waals surface area contributed by atoms with Gasteiger partial charge in [-0.25, -0.2) is 15.0 Å². The monoisotopic (exact) mass is 511 g/mol. The average Bonchev–Trinajstić information content (AvgIpc) is 2.97. The quantitative estimate of drug-likeness (QED) is 0.262. The minimum Gasteiger partial charge on any atom is -0.480 e. The number of pyridine rings is 1. The fourth-order valence-corrected chi connectivity index (χ4v) is 4.44. The number of nitrogens with zero attached hydrogens (tertiary/aromatic N) is 3. The van der Waals surface area contributed by atoms with Crippen molar-refractivity contribution in [3.63, 3.8) is 0 Å². The van der Waals surface area contributed by atoms with E-state index in [1.807, 2.05) is 54.6 Å². The first-order valence-electron chi connectivity index (χ1n) is 12.3. The summed E-state index contributed by atoms with van der Waals surface area (Å²) in [6.45, 7) is 5.28. The van der Waals surface area contributed by atoms with Gasteiger partial charge in [0, 0.05) is 35.9 Å². The number of ether oxygens (including phenoxy) is 2. The second kappa shape index (κ2) is 11.3. The number of anilines is 3. The molecule has 1 saturated heterocycles. The van der Waals surface area contributed by atoms with Crippen LogP contribution in [0.25, 0.3) is 22.0 Å². The van der Waals surface area contributed by atoms with Gasteiger partial charge in [-0.2, -0.15) is 0 Å². The molecule has 0 radical (unpaired) electrons. The highest BCUT2D eigenvalue weighted by Gasteiger charge is 2.28. The third-order valence-electron chi connectivity index (χ3n) is 6.28. The molecule has 1 aliphatic heterocycles. The molecule has 1 aliphatic rings. The number of aromatic nitrogens is 3. The number of hydrogen-bond acceptors (Lipinski definition) is 9. The van der Waals surface area contributed by atoms with Gasteiger partial charge in [-0.15, -0.1) is 0 Å². The molecule has 5 N–H and O–H groups in total. The molecule has 3 heterocycles. The molecular formula is C28H29N7O3. The zero-order valence-electron chi connectivity index (χ0n) is 21.0. The van der Waals surface area contributed by atoms with Crippen LogP contribution in [0.2, 0.25) is 0 Å². The van der Waals surface area contributed by atoms with Gasteiger partial charge < -0.3 is 31.2 Å². The molecule has 1 fully saturated rings. The smallest absolute Gasteiger partial charge is 0.247 e. The summed E-state index contributed by atoms with van der Waals surface area (Å²) in [5.74, 6) is 0.520. The number of fused-ring (bicyclic) bond motifs is 1. The first-order chi connectivity index (χ1) is 18.6. The highest BCUT2D eigenvalue weighted by atomic mass is 16.5. The van der Waals surface area contributed by atoms with Gasteiger partial charge in [-0.3, -0.25) is 4.79 Å². The maximum Gasteiger partial charge on any atom is 0.247 e. The van der Waals surface area contributed by atoms with Gasteiger partial charge in [0.1, 0.15) is 11.8 Å². The highest BCUT2D eigenvalue weighted by molar-refractivity contribution is 6.00. The van der Waals surface area contributed by atoms with E-state index >= 15 is 0 Å². The molecule has 5 rings (SSSR count). The summed E-state index contributed by atoms with van der Waals surface area (Å²) in [4.78, 5) is 25.7. The van der Waals surface area contributed by atoms with Gasteiger partial charge in [-0.05, 0) is 35.9 Å². The molecule has 0 spiro atoms. The van der Waals surface area contributed by atoms with E-state index in [1.165, 1.54) is 6.08 Å². The summed E-state index contributed by atoms with van der Waals surface area (Å²) in [5.41, 5.74) is 10.5. The van der Waals surface area contributed by atoms with Crippen molar-refractivity contribution in [1.29, 1.82) is 0 Å². The number of nitrogens with two attached hydrogens (primary N) is 1. The number of carbonyl (C=O) groups is 1. The molecule has 194 valence electrons. The number of para-hydroxylation sites is 1. The van der Waals surface area contributed by atoms with E-state index in [9.17, 15) is 4.79 Å². The van der Waals surface area contributed by atoms with Crippen LogP contribution in [0.5, 0.6) is 5.88 Å². The van der Waals surface area contributed by atoms with Gasteiger partial charge in [0.2, 0.25) is 17.7 Å². The largest absolute Gasteiger partial charge is 0.480 e. The zero-order chi connectivity index (χ0) is 26.5. The molecular weight excluding hydrogens is 482 g/mol. The summed E-state index contributed by atoms with van der Waals surface area (Å²) >= 11 is 0. The Hall–Kier alpha value is -4.38. The van der Waals surface area contributed by atoms with Gasteiger partial charge in [0.25, 0.3) is 0 Å². The van der Waals surface area contributed by atoms with Crippen LogP contribution in [-0.2, 0) is 9.53 Å². The molecule has 0 aliphatic carbocycles. The van der Waals surface area contributed by atoms with Crippen LogP contribution in [-0.4, -0.2) is 53.7 Å². The predicted octanol–water partition coefficient (Wildman–Crippen LogP) is 3.56. The Morgan fingerprint density at radius 2 is 2.11 bits per heavy atom. The van der Waals surface area contributed by atoms with Crippen molar-refractivity contribution in [3.8, 4) is 17.0 Å². The number of nitrogens with one attached hydrogen (secondary N) is 3. The molecule has 4 aromatic rings. The van der Waals surface area contributed by atoms with Crippen LogP contribution >= 0.6 is 0 Å². The van der Waals surface area contributed by atoms with Gasteiger partial charge in [0.15, 0.2) is 0 Å². The number of amides is 1. The maximum absolute atomic E-state index is 11.8. The number of benzene rings is 2. The van der Waals surface area contributed by atoms with E-state index in [0.717, 1.165) is 34.3 Å². The summed E-state index contributed by atoms with van der Waals surface area (Å²) in [7, 11) is 1.56. The van der Waals surface area contributed by atoms with Crippen molar-refractivity contribution in [3.05, 3.63) is 79.1 Å². The fraction of sp³-hybridized carbons (Fsp3) is 0.214. The Balaban J connectivity index is 1.46. The lowest BCUT2D eigenvalue weighted by Gasteiger charge is -2.31. The second-order valence-electron chi connectivity index (χ2n) is 8.72. The number of hydrogen-bond donors (Lipinski definition) is 4. The van der Waals surface area contributed by atoms with E-state index in [2.05, 4.69) is 32.5 Å². The van der Waals surface area contributed by atoms with E-state index < -0.39 is 0 Å². The van der Waals surface area contributed by atoms with E-state index in [4.69, 9.17) is 20.2 Å². The van der Waals surface area contributed by atoms with Crippen LogP contribution in [0, 0.1) is 0 Å². The van der Waals surface area contributed by atoms with Crippen molar-refractivity contribution in [2.75, 3.05) is 37.4 Å². The third kappa shape index (κ3) is 5.32. The number of carbonyl (C=O) groups excluding carboxylic acids is 1. The predicted molar refractivity (Wildman–Crippen MR) is 147 cm³/mol. The molecule has 38 heavy (non-hydrogen) atoms. The van der Waals surface area contributed by atoms with Crippen molar-refractivity contribution in [1.82, 2.24) is 20.3 Å². The lowest BCUT2D eigenvalue weighted by molar-refractivity contribution is -0.111. The van der Waals surface area contributed by atoms with Crippen LogP contribution in [0.15, 0.2) is 73.4 Å². The minimum absolute atomic E-state index is 0.0226. The molecule has 2 unspecified atom stereocenters. The van der Waals surface area contributed by atoms with Crippen molar-refractivity contribution in [2.24, 2.45) is 5.73 Å². The topological polar surface area (TPSA) is 136 Å². The Morgan fingerprint density at radius 1 is 1.24 bits per heavy atom. The van der Waals surface area contributed by atoms with E-state index in [-0.39, 0.29) is 18.1 Å². The third-order valence-corrected chi connectivity index (χ3v) is 6.28. The maximum atomic E-state index is 11.8. The number of morpholine rings is 1. The summed E-state index contributed by atoms with van der Waals surface area (Å²) in [5, 5.41) is 10.3. The number of rotatable bonds is 8. The Morgan fingerprint density at radius 3 is 2.92 bits per heavy atom. The van der Waals surface area contributed by atoms with Crippen LogP contribution in [0.4, 0.5) is 17.3 Å². The molecule has 0 bridgehead atoms. The number of methoxy groups -OCH3 is 1. The molecule has 2 aromatic carbocycles. The molecule has 2 aromatic heterocycles. The highest BCUT2D eigenvalue weighted by Crippen LogP contribution is 2.32. The zero-order valence-corrected chi connectivity index (χ0v) is 21.0. The van der Waals surface area contributed by atoms with Crippen molar-refractivity contribution < 1.29 is 14.3 Å². The van der Waals surface area contributed by atoms with Gasteiger partial charge >= 0.3 is 0 Å². The van der Waals surface area contributed by atoms with Crippen LogP contribution in [0.3, 0.4) is 0 Å². The summed E-state index contributed by atoms with van der Waals surface area (Å²) in [6, 6.07) is 17.2. The fourth-order valence-electron chi connectivity index (χ4n) is 4.44. The summed E-state index contributed by atoms with van der Waals surface area (Å²) < 4.78 is 11.5. The second-order valence-corrected chi connectivity index (χ2v) is 8.72. The normalized spacial score (nSPS) is 17.1. The van der Waals surface area contributed by atoms with Crippen molar-refractivity contribution >= 4 is 34.1 Å². The Bertz CT molecular complexity index is 1480. The molecule has 10 heteroatoms. The van der Waals surface area contributed by atoms with E-state index in [1.54, 1.807) is 13.3 Å². The minimum atomic E-state index is -0.271. The van der Waals surface area contributed by atoms with Gasteiger partial charge in [-0.1, -0.05) is 36.9 Å². The first kappa shape index (κ1) is 25.3. The molecule has 1 amide bonds. The summed E-state index contributed by atoms with van der Waals surface area (Å²) in [6.07, 6.45) is 2.74. The Labute approximate surface area is 220 Å². The molecule has 2 atom stereocenters. The van der Waals surface area contributed by atoms with E-state index in [0.29, 0.717) is 36.4 Å². The van der Waals surface area contributed by atoms with Crippen molar-refractivity contribution in [2.45, 2.75) is 12.1 Å². The lowest BCUT2D eigenvalue weighted by atomic mass is 10.0. The SMILES string of the molecule is C=CC(=O)Nc1cccc(-c2cccc3cnc(Nc4ccc(C5OCCNC5CN)nc4OC)nc23)c1. The van der Waals surface area contributed by atoms with Crippen LogP contribution < -0.4 is 26.4 Å². The van der Waals surface area contributed by atoms with Gasteiger partial charge in [0.05, 0.1) is 31.0 Å². The first-order valence-corrected chi connectivity index (χ1v) is 12.3. The molecule has 10 nitrogen and oxygen atoms in total. The standard InChI is InChI=1S/C28H29N7O3/c1-3-24(36)32-19-8-4-6-17(14-19)20-9-5-7-18-16-31-28(35-25(18)20)34-22-11-10-21(33-27(22)37-2)26-23(15-29)30-12-13-38-26/h3-11,14,16,23,26,30H,1,12-13,15,29H2,2H3,(H,32,36)(H,31,34,35).